The van der Waals surface area contributed by atoms with E-state index in [9.17, 15) is 4.79 Å². The average molecular weight is 231 g/mol. The van der Waals surface area contributed by atoms with Crippen LogP contribution in [-0.2, 0) is 24.1 Å². The largest absolute Gasteiger partial charge is 0.461 e. The summed E-state index contributed by atoms with van der Waals surface area (Å²) in [5, 5.41) is 3.68. The summed E-state index contributed by atoms with van der Waals surface area (Å²) in [5.41, 5.74) is -0.808. The standard InChI is InChI=1S/C10H17NO5/c1-4-14-9(12)8(11-13-3)10(2)6-5-7-15-16-10/h4-7H2,1-3H3/b11-8+. The molecule has 1 aliphatic rings. The molecule has 0 aromatic heterocycles. The predicted octanol–water partition coefficient (Wildman–Crippen LogP) is 1.05. The molecule has 1 saturated heterocycles. The van der Waals surface area contributed by atoms with Gasteiger partial charge in [-0.1, -0.05) is 5.16 Å². The molecule has 1 aliphatic heterocycles. The van der Waals surface area contributed by atoms with Crippen LogP contribution >= 0.6 is 0 Å². The fourth-order valence-electron chi connectivity index (χ4n) is 1.48. The van der Waals surface area contributed by atoms with Gasteiger partial charge in [-0.3, -0.25) is 0 Å². The Morgan fingerprint density at radius 2 is 2.31 bits per heavy atom. The Balaban J connectivity index is 2.83. The first kappa shape index (κ1) is 12.9. The van der Waals surface area contributed by atoms with Crippen LogP contribution in [0.1, 0.15) is 26.7 Å². The van der Waals surface area contributed by atoms with Crippen molar-refractivity contribution in [2.45, 2.75) is 32.3 Å². The molecule has 1 rings (SSSR count). The lowest BCUT2D eigenvalue weighted by atomic mass is 9.93. The van der Waals surface area contributed by atoms with Crippen molar-refractivity contribution in [2.24, 2.45) is 5.16 Å². The van der Waals surface area contributed by atoms with Crippen LogP contribution in [0, 0.1) is 0 Å². The SMILES string of the molecule is CCOC(=O)/C(=N\OC)C1(C)CCCOO1. The van der Waals surface area contributed by atoms with E-state index in [2.05, 4.69) is 9.99 Å². The molecule has 1 atom stereocenters. The maximum Gasteiger partial charge on any atom is 0.359 e. The fourth-order valence-corrected chi connectivity index (χ4v) is 1.48. The minimum absolute atomic E-state index is 0.0940. The van der Waals surface area contributed by atoms with E-state index in [0.29, 0.717) is 13.0 Å². The molecule has 92 valence electrons. The van der Waals surface area contributed by atoms with Crippen molar-refractivity contribution < 1.29 is 24.1 Å². The zero-order chi connectivity index (χ0) is 12.0. The minimum Gasteiger partial charge on any atom is -0.461 e. The van der Waals surface area contributed by atoms with Crippen LogP contribution in [-0.4, -0.2) is 37.6 Å². The highest BCUT2D eigenvalue weighted by Gasteiger charge is 2.41. The molecular weight excluding hydrogens is 214 g/mol. The van der Waals surface area contributed by atoms with Gasteiger partial charge < -0.3 is 9.57 Å². The summed E-state index contributed by atoms with van der Waals surface area (Å²) in [6.45, 7) is 4.24. The van der Waals surface area contributed by atoms with Crippen molar-refractivity contribution in [3.05, 3.63) is 0 Å². The minimum atomic E-state index is -0.902. The zero-order valence-electron chi connectivity index (χ0n) is 9.82. The maximum atomic E-state index is 11.7. The molecule has 0 radical (unpaired) electrons. The summed E-state index contributed by atoms with van der Waals surface area (Å²) in [4.78, 5) is 26.3. The van der Waals surface area contributed by atoms with Crippen molar-refractivity contribution in [3.8, 4) is 0 Å². The van der Waals surface area contributed by atoms with Crippen LogP contribution in [0.2, 0.25) is 0 Å². The normalized spacial score (nSPS) is 26.3. The van der Waals surface area contributed by atoms with Crippen LogP contribution < -0.4 is 0 Å². The van der Waals surface area contributed by atoms with Gasteiger partial charge >= 0.3 is 5.97 Å². The molecule has 0 amide bonds. The molecule has 0 aromatic rings. The van der Waals surface area contributed by atoms with E-state index in [0.717, 1.165) is 6.42 Å². The van der Waals surface area contributed by atoms with Gasteiger partial charge in [0.05, 0.1) is 13.2 Å². The van der Waals surface area contributed by atoms with E-state index in [4.69, 9.17) is 14.5 Å². The van der Waals surface area contributed by atoms with Gasteiger partial charge in [0.2, 0.25) is 0 Å². The molecule has 0 aromatic carbocycles. The molecule has 0 aliphatic carbocycles. The fraction of sp³-hybridized carbons (Fsp3) is 0.800. The van der Waals surface area contributed by atoms with E-state index < -0.39 is 11.6 Å². The summed E-state index contributed by atoms with van der Waals surface area (Å²) in [5.74, 6) is -0.544. The second-order valence-electron chi connectivity index (χ2n) is 3.58. The maximum absolute atomic E-state index is 11.7. The number of carbonyl (C=O) groups excluding carboxylic acids is 1. The first-order valence-electron chi connectivity index (χ1n) is 5.23. The first-order chi connectivity index (χ1) is 7.64. The lowest BCUT2D eigenvalue weighted by Gasteiger charge is -2.31. The molecule has 0 N–H and O–H groups in total. The van der Waals surface area contributed by atoms with E-state index >= 15 is 0 Å². The Hall–Kier alpha value is -1.14. The summed E-state index contributed by atoms with van der Waals surface area (Å²) in [6, 6.07) is 0. The predicted molar refractivity (Wildman–Crippen MR) is 55.8 cm³/mol. The number of oxime groups is 1. The van der Waals surface area contributed by atoms with Gasteiger partial charge in [-0.05, 0) is 26.7 Å². The number of ether oxygens (including phenoxy) is 1. The Bertz CT molecular complexity index is 270. The molecule has 6 nitrogen and oxygen atoms in total. The van der Waals surface area contributed by atoms with Gasteiger partial charge in [-0.25, -0.2) is 14.6 Å². The monoisotopic (exact) mass is 231 g/mol. The summed E-state index contributed by atoms with van der Waals surface area (Å²) >= 11 is 0. The number of hydrogen-bond acceptors (Lipinski definition) is 6. The van der Waals surface area contributed by atoms with Gasteiger partial charge in [0, 0.05) is 0 Å². The Morgan fingerprint density at radius 1 is 1.56 bits per heavy atom. The molecule has 0 bridgehead atoms. The van der Waals surface area contributed by atoms with E-state index in [1.807, 2.05) is 0 Å². The van der Waals surface area contributed by atoms with E-state index in [1.165, 1.54) is 7.11 Å². The lowest BCUT2D eigenvalue weighted by Crippen LogP contribution is -2.46. The first-order valence-corrected chi connectivity index (χ1v) is 5.23. The van der Waals surface area contributed by atoms with E-state index in [1.54, 1.807) is 13.8 Å². The van der Waals surface area contributed by atoms with Crippen LogP contribution in [0.5, 0.6) is 0 Å². The molecule has 1 unspecified atom stereocenters. The van der Waals surface area contributed by atoms with Crippen LogP contribution in [0.3, 0.4) is 0 Å². The van der Waals surface area contributed by atoms with Gasteiger partial charge in [-0.2, -0.15) is 0 Å². The van der Waals surface area contributed by atoms with Gasteiger partial charge in [0.1, 0.15) is 7.11 Å². The second-order valence-corrected chi connectivity index (χ2v) is 3.58. The highest BCUT2D eigenvalue weighted by molar-refractivity contribution is 6.39. The number of carbonyl (C=O) groups is 1. The highest BCUT2D eigenvalue weighted by Crippen LogP contribution is 2.25. The number of hydrogen-bond donors (Lipinski definition) is 0. The molecular formula is C10H17NO5. The van der Waals surface area contributed by atoms with Crippen molar-refractivity contribution in [2.75, 3.05) is 20.3 Å². The topological polar surface area (TPSA) is 66.4 Å². The smallest absolute Gasteiger partial charge is 0.359 e. The average Bonchev–Trinajstić information content (AvgIpc) is 2.27. The molecule has 0 saturated carbocycles. The third-order valence-corrected chi connectivity index (χ3v) is 2.28. The summed E-state index contributed by atoms with van der Waals surface area (Å²) < 4.78 is 4.89. The summed E-state index contributed by atoms with van der Waals surface area (Å²) in [7, 11) is 1.37. The number of esters is 1. The second kappa shape index (κ2) is 5.81. The Labute approximate surface area is 94.4 Å². The van der Waals surface area contributed by atoms with Crippen molar-refractivity contribution in [1.82, 2.24) is 0 Å². The molecule has 1 fully saturated rings. The quantitative estimate of drug-likeness (QED) is 0.313. The Kier molecular flexibility index (Phi) is 4.70. The van der Waals surface area contributed by atoms with E-state index in [-0.39, 0.29) is 12.3 Å². The number of nitrogens with zero attached hydrogens (tertiary/aromatic N) is 1. The zero-order valence-corrected chi connectivity index (χ0v) is 9.82. The van der Waals surface area contributed by atoms with Crippen molar-refractivity contribution >= 4 is 11.7 Å². The molecule has 16 heavy (non-hydrogen) atoms. The summed E-state index contributed by atoms with van der Waals surface area (Å²) in [6.07, 6.45) is 1.42. The molecule has 6 heteroatoms. The Morgan fingerprint density at radius 3 is 2.81 bits per heavy atom. The highest BCUT2D eigenvalue weighted by atomic mass is 17.2. The van der Waals surface area contributed by atoms with Gasteiger partial charge in [0.25, 0.3) is 0 Å². The van der Waals surface area contributed by atoms with Crippen LogP contribution in [0.25, 0.3) is 0 Å². The third kappa shape index (κ3) is 2.93. The van der Waals surface area contributed by atoms with Crippen molar-refractivity contribution in [3.63, 3.8) is 0 Å². The molecule has 1 heterocycles. The van der Waals surface area contributed by atoms with Gasteiger partial charge in [-0.15, -0.1) is 0 Å². The lowest BCUT2D eigenvalue weighted by molar-refractivity contribution is -0.359. The number of rotatable bonds is 4. The van der Waals surface area contributed by atoms with Crippen LogP contribution in [0.15, 0.2) is 5.16 Å². The van der Waals surface area contributed by atoms with Crippen molar-refractivity contribution in [1.29, 1.82) is 0 Å². The van der Waals surface area contributed by atoms with Crippen LogP contribution in [0.4, 0.5) is 0 Å². The molecule has 0 spiro atoms. The third-order valence-electron chi connectivity index (χ3n) is 2.28. The van der Waals surface area contributed by atoms with Gasteiger partial charge in [0.15, 0.2) is 11.3 Å².